The molecule has 1 fully saturated rings. The number of hydrazone groups is 1. The number of halogens is 4. The Morgan fingerprint density at radius 3 is 2.41 bits per heavy atom. The second kappa shape index (κ2) is 12.4. The van der Waals surface area contributed by atoms with Gasteiger partial charge in [-0.15, -0.1) is 0 Å². The van der Waals surface area contributed by atoms with E-state index in [0.717, 1.165) is 21.1 Å². The van der Waals surface area contributed by atoms with E-state index in [0.29, 0.717) is 30.7 Å². The van der Waals surface area contributed by atoms with Crippen LogP contribution in [0.25, 0.3) is 0 Å². The molecule has 0 radical (unpaired) electrons. The number of sulfonamides is 1. The molecule has 222 valence electrons. The summed E-state index contributed by atoms with van der Waals surface area (Å²) in [6.07, 6.45) is 3.01. The van der Waals surface area contributed by atoms with Crippen molar-refractivity contribution < 1.29 is 30.7 Å². The minimum atomic E-state index is -4.84. The van der Waals surface area contributed by atoms with Crippen LogP contribution in [0, 0.1) is 17.2 Å². The van der Waals surface area contributed by atoms with Gasteiger partial charge in [-0.25, -0.2) is 22.1 Å². The number of ether oxygens (including phenoxy) is 1. The fourth-order valence-electron chi connectivity index (χ4n) is 5.64. The number of hydrogen-bond acceptors (Lipinski definition) is 5. The quantitative estimate of drug-likeness (QED) is 0.165. The number of fused-ring (bicyclic) bond motifs is 1. The summed E-state index contributed by atoms with van der Waals surface area (Å²) in [4.78, 5) is 0. The lowest BCUT2D eigenvalue weighted by Gasteiger charge is -2.38. The number of alkyl halides is 3. The Morgan fingerprint density at radius 1 is 1.12 bits per heavy atom. The third-order valence-corrected chi connectivity index (χ3v) is 9.78. The van der Waals surface area contributed by atoms with E-state index in [1.54, 1.807) is 54.5 Å². The van der Waals surface area contributed by atoms with E-state index in [-0.39, 0.29) is 31.2 Å². The Labute approximate surface area is 239 Å². The maximum absolute atomic E-state index is 13.5. The number of hydrogen-bond donors (Lipinski definition) is 0. The lowest BCUT2D eigenvalue weighted by Crippen LogP contribution is -2.44. The second-order valence-electron chi connectivity index (χ2n) is 10.6. The maximum atomic E-state index is 13.5. The van der Waals surface area contributed by atoms with Crippen molar-refractivity contribution in [2.24, 2.45) is 16.4 Å². The van der Waals surface area contributed by atoms with Crippen LogP contribution >= 0.6 is 0 Å². The highest BCUT2D eigenvalue weighted by molar-refractivity contribution is 7.89. The molecule has 0 heterocycles. The molecule has 41 heavy (non-hydrogen) atoms. The Morgan fingerprint density at radius 2 is 1.80 bits per heavy atom. The Kier molecular flexibility index (Phi) is 9.28. The van der Waals surface area contributed by atoms with Gasteiger partial charge in [0.25, 0.3) is 0 Å². The molecule has 2 aromatic rings. The van der Waals surface area contributed by atoms with Crippen LogP contribution in [0.3, 0.4) is 0 Å². The summed E-state index contributed by atoms with van der Waals surface area (Å²) in [5, 5.41) is 6.17. The van der Waals surface area contributed by atoms with Gasteiger partial charge in [0.2, 0.25) is 10.0 Å². The number of benzene rings is 2. The standard InChI is InChI=1S/C30H35F4N3O3S/c1-4-35-37(26-11-9-25(31)10-12-26)27-15-17-29(2)23(19-27)7-8-24(29)20-36(41(38,39)21-30(32,33)34)18-16-22-5-13-28(40-3)14-6-22/h4-6,9-15,19,24H,7-8,16-18,20-21H2,1-3H3/b35-4-/t24?,29-/m0/s1. The molecule has 6 nitrogen and oxygen atoms in total. The molecule has 1 unspecified atom stereocenters. The Hall–Kier alpha value is -3.18. The monoisotopic (exact) mass is 593 g/mol. The van der Waals surface area contributed by atoms with Gasteiger partial charge in [-0.2, -0.15) is 18.3 Å². The molecular formula is C30H35F4N3O3S. The van der Waals surface area contributed by atoms with Crippen molar-refractivity contribution in [2.75, 3.05) is 31.0 Å². The average Bonchev–Trinajstić information content (AvgIpc) is 3.24. The summed E-state index contributed by atoms with van der Waals surface area (Å²) >= 11 is 0. The van der Waals surface area contributed by atoms with Crippen LogP contribution in [0.2, 0.25) is 0 Å². The van der Waals surface area contributed by atoms with Gasteiger partial charge in [0, 0.05) is 19.3 Å². The number of methoxy groups -OCH3 is 1. The van der Waals surface area contributed by atoms with Gasteiger partial charge in [0.15, 0.2) is 5.75 Å². The fraction of sp³-hybridized carbons (Fsp3) is 0.433. The van der Waals surface area contributed by atoms with Crippen molar-refractivity contribution in [3.05, 3.63) is 83.3 Å². The lowest BCUT2D eigenvalue weighted by atomic mass is 9.72. The van der Waals surface area contributed by atoms with Gasteiger partial charge in [0.1, 0.15) is 11.6 Å². The van der Waals surface area contributed by atoms with Gasteiger partial charge >= 0.3 is 6.18 Å². The van der Waals surface area contributed by atoms with Gasteiger partial charge < -0.3 is 4.74 Å². The minimum Gasteiger partial charge on any atom is -0.497 e. The molecule has 2 aliphatic rings. The molecule has 0 saturated heterocycles. The molecule has 11 heteroatoms. The number of nitrogens with zero attached hydrogens (tertiary/aromatic N) is 3. The highest BCUT2D eigenvalue weighted by atomic mass is 32.2. The van der Waals surface area contributed by atoms with Crippen LogP contribution < -0.4 is 9.75 Å². The minimum absolute atomic E-state index is 0.000368. The largest absolute Gasteiger partial charge is 0.497 e. The average molecular weight is 594 g/mol. The first-order valence-electron chi connectivity index (χ1n) is 13.5. The van der Waals surface area contributed by atoms with Crippen molar-refractivity contribution in [1.82, 2.24) is 4.31 Å². The summed E-state index contributed by atoms with van der Waals surface area (Å²) < 4.78 is 85.6. The van der Waals surface area contributed by atoms with E-state index in [1.807, 2.05) is 19.1 Å². The highest BCUT2D eigenvalue weighted by Crippen LogP contribution is 2.53. The SMILES string of the molecule is C/C=N\N(C1=CC[C@@]2(C)C(=C1)CCC2CN(CCc1ccc(OC)cc1)S(=O)(=O)CC(F)(F)F)c1ccc(F)cc1. The zero-order valence-corrected chi connectivity index (χ0v) is 24.2. The second-order valence-corrected chi connectivity index (χ2v) is 12.6. The predicted octanol–water partition coefficient (Wildman–Crippen LogP) is 6.71. The number of rotatable bonds is 11. The summed E-state index contributed by atoms with van der Waals surface area (Å²) in [7, 11) is -3.06. The zero-order chi connectivity index (χ0) is 29.8. The van der Waals surface area contributed by atoms with Crippen LogP contribution in [0.15, 0.2) is 77.1 Å². The third-order valence-electron chi connectivity index (χ3n) is 7.97. The number of anilines is 1. The molecule has 0 N–H and O–H groups in total. The topological polar surface area (TPSA) is 62.2 Å². The van der Waals surface area contributed by atoms with Crippen LogP contribution in [0.1, 0.15) is 38.7 Å². The van der Waals surface area contributed by atoms with Gasteiger partial charge in [-0.05, 0) is 92.0 Å². The molecule has 0 aliphatic heterocycles. The lowest BCUT2D eigenvalue weighted by molar-refractivity contribution is -0.107. The maximum Gasteiger partial charge on any atom is 0.404 e. The summed E-state index contributed by atoms with van der Waals surface area (Å²) in [6, 6.07) is 13.0. The van der Waals surface area contributed by atoms with Crippen molar-refractivity contribution in [3.8, 4) is 5.75 Å². The van der Waals surface area contributed by atoms with E-state index < -0.39 is 27.4 Å². The summed E-state index contributed by atoms with van der Waals surface area (Å²) in [6.45, 7) is 3.78. The van der Waals surface area contributed by atoms with Crippen LogP contribution in [0.4, 0.5) is 23.2 Å². The predicted molar refractivity (Wildman–Crippen MR) is 153 cm³/mol. The first kappa shape index (κ1) is 30.8. The van der Waals surface area contributed by atoms with Crippen LogP contribution in [0.5, 0.6) is 5.75 Å². The van der Waals surface area contributed by atoms with Crippen molar-refractivity contribution in [1.29, 1.82) is 0 Å². The molecule has 2 aliphatic carbocycles. The summed E-state index contributed by atoms with van der Waals surface area (Å²) in [5.74, 6) is -1.77. The zero-order valence-electron chi connectivity index (χ0n) is 23.4. The van der Waals surface area contributed by atoms with Gasteiger partial charge in [-0.1, -0.05) is 30.7 Å². The molecule has 0 spiro atoms. The van der Waals surface area contributed by atoms with Crippen molar-refractivity contribution in [2.45, 2.75) is 45.7 Å². The molecule has 1 saturated carbocycles. The number of allylic oxidation sites excluding steroid dienone is 3. The van der Waals surface area contributed by atoms with Crippen molar-refractivity contribution >= 4 is 21.9 Å². The van der Waals surface area contributed by atoms with Crippen LogP contribution in [-0.2, 0) is 16.4 Å². The van der Waals surface area contributed by atoms with E-state index in [1.165, 1.54) is 19.2 Å². The normalized spacial score (nSPS) is 21.1. The smallest absolute Gasteiger partial charge is 0.404 e. The fourth-order valence-corrected chi connectivity index (χ4v) is 7.01. The van der Waals surface area contributed by atoms with Crippen LogP contribution in [-0.4, -0.2) is 51.1 Å². The van der Waals surface area contributed by atoms with E-state index >= 15 is 0 Å². The molecule has 0 bridgehead atoms. The molecule has 0 amide bonds. The van der Waals surface area contributed by atoms with E-state index in [2.05, 4.69) is 5.10 Å². The molecule has 0 aromatic heterocycles. The summed E-state index contributed by atoms with van der Waals surface area (Å²) in [5.41, 5.74) is 2.98. The van der Waals surface area contributed by atoms with Gasteiger partial charge in [-0.3, -0.25) is 0 Å². The Bertz CT molecular complexity index is 1400. The molecular weight excluding hydrogens is 558 g/mol. The van der Waals surface area contributed by atoms with E-state index in [9.17, 15) is 26.0 Å². The molecule has 2 atom stereocenters. The first-order chi connectivity index (χ1) is 19.3. The van der Waals surface area contributed by atoms with Crippen molar-refractivity contribution in [3.63, 3.8) is 0 Å². The van der Waals surface area contributed by atoms with Gasteiger partial charge in [0.05, 0.1) is 18.5 Å². The third kappa shape index (κ3) is 7.37. The first-order valence-corrected chi connectivity index (χ1v) is 15.1. The highest BCUT2D eigenvalue weighted by Gasteiger charge is 2.46. The molecule has 4 rings (SSSR count). The van der Waals surface area contributed by atoms with E-state index in [4.69, 9.17) is 4.74 Å². The Balaban J connectivity index is 1.55. The molecule has 2 aromatic carbocycles.